The van der Waals surface area contributed by atoms with Crippen LogP contribution in [0, 0.1) is 5.82 Å². The predicted molar refractivity (Wildman–Crippen MR) is 72.3 cm³/mol. The zero-order valence-corrected chi connectivity index (χ0v) is 11.9. The molecule has 6 heteroatoms. The van der Waals surface area contributed by atoms with Crippen LogP contribution in [0.25, 0.3) is 0 Å². The van der Waals surface area contributed by atoms with Gasteiger partial charge in [0.05, 0.1) is 10.9 Å². The highest BCUT2D eigenvalue weighted by atomic mass is 79.9. The number of carbonyl (C=O) groups excluding carboxylic acids is 1. The summed E-state index contributed by atoms with van der Waals surface area (Å²) in [5.74, 6) is -1.35. The number of carboxylic acids is 1. The van der Waals surface area contributed by atoms with E-state index in [1.165, 1.54) is 6.07 Å². The smallest absolute Gasteiger partial charge is 0.303 e. The van der Waals surface area contributed by atoms with Gasteiger partial charge in [-0.1, -0.05) is 6.07 Å². The maximum absolute atomic E-state index is 13.0. The lowest BCUT2D eigenvalue weighted by Crippen LogP contribution is -2.26. The van der Waals surface area contributed by atoms with Crippen LogP contribution in [0.15, 0.2) is 22.7 Å². The standard InChI is InChI=1S/C13H15BrFNO3/c14-10-7-9(4-5-11(10)15)8-12(17)16-6-2-1-3-13(18)19/h4-5,7H,1-3,6,8H2,(H,16,17)(H,18,19). The van der Waals surface area contributed by atoms with E-state index >= 15 is 0 Å². The molecule has 0 aromatic heterocycles. The van der Waals surface area contributed by atoms with Gasteiger partial charge in [0.25, 0.3) is 0 Å². The monoisotopic (exact) mass is 331 g/mol. The molecular weight excluding hydrogens is 317 g/mol. The third-order valence-corrected chi connectivity index (χ3v) is 3.10. The molecule has 19 heavy (non-hydrogen) atoms. The summed E-state index contributed by atoms with van der Waals surface area (Å²) in [5.41, 5.74) is 0.719. The van der Waals surface area contributed by atoms with Gasteiger partial charge in [-0.2, -0.15) is 0 Å². The van der Waals surface area contributed by atoms with Crippen LogP contribution in [-0.2, 0) is 16.0 Å². The lowest BCUT2D eigenvalue weighted by Gasteiger charge is -2.05. The van der Waals surface area contributed by atoms with Crippen LogP contribution in [-0.4, -0.2) is 23.5 Å². The molecule has 0 bridgehead atoms. The number of rotatable bonds is 7. The molecule has 0 spiro atoms. The molecule has 0 fully saturated rings. The van der Waals surface area contributed by atoms with Crippen LogP contribution >= 0.6 is 15.9 Å². The zero-order chi connectivity index (χ0) is 14.3. The Morgan fingerprint density at radius 3 is 2.68 bits per heavy atom. The largest absolute Gasteiger partial charge is 0.481 e. The third-order valence-electron chi connectivity index (χ3n) is 2.49. The summed E-state index contributed by atoms with van der Waals surface area (Å²) in [6, 6.07) is 4.43. The molecule has 1 amide bonds. The van der Waals surface area contributed by atoms with Crippen molar-refractivity contribution in [3.8, 4) is 0 Å². The Labute approximate surface area is 119 Å². The van der Waals surface area contributed by atoms with E-state index < -0.39 is 5.97 Å². The average Bonchev–Trinajstić information content (AvgIpc) is 2.33. The van der Waals surface area contributed by atoms with Gasteiger partial charge in [-0.25, -0.2) is 4.39 Å². The first kappa shape index (κ1) is 15.6. The van der Waals surface area contributed by atoms with Crippen molar-refractivity contribution in [2.24, 2.45) is 0 Å². The van der Waals surface area contributed by atoms with Gasteiger partial charge in [-0.3, -0.25) is 9.59 Å². The Kier molecular flexibility index (Phi) is 6.49. The van der Waals surface area contributed by atoms with Crippen LogP contribution in [0.2, 0.25) is 0 Å². The summed E-state index contributed by atoms with van der Waals surface area (Å²) < 4.78 is 13.3. The minimum Gasteiger partial charge on any atom is -0.481 e. The van der Waals surface area contributed by atoms with Crippen LogP contribution in [0.5, 0.6) is 0 Å². The molecule has 0 atom stereocenters. The molecule has 1 rings (SSSR count). The minimum atomic E-state index is -0.831. The van der Waals surface area contributed by atoms with Gasteiger partial charge in [-0.15, -0.1) is 0 Å². The molecule has 0 saturated heterocycles. The van der Waals surface area contributed by atoms with Crippen LogP contribution < -0.4 is 5.32 Å². The molecular formula is C13H15BrFNO3. The Bertz CT molecular complexity index is 465. The first-order chi connectivity index (χ1) is 8.99. The highest BCUT2D eigenvalue weighted by Crippen LogP contribution is 2.17. The van der Waals surface area contributed by atoms with Crippen molar-refractivity contribution in [2.45, 2.75) is 25.7 Å². The molecule has 1 aromatic carbocycles. The SMILES string of the molecule is O=C(O)CCCCNC(=O)Cc1ccc(F)c(Br)c1. The van der Waals surface area contributed by atoms with Crippen molar-refractivity contribution in [1.29, 1.82) is 0 Å². The highest BCUT2D eigenvalue weighted by molar-refractivity contribution is 9.10. The fourth-order valence-corrected chi connectivity index (χ4v) is 1.95. The van der Waals surface area contributed by atoms with Crippen molar-refractivity contribution < 1.29 is 19.1 Å². The second kappa shape index (κ2) is 7.89. The Balaban J connectivity index is 2.27. The number of hydrogen-bond donors (Lipinski definition) is 2. The maximum atomic E-state index is 13.0. The van der Waals surface area contributed by atoms with E-state index in [0.29, 0.717) is 23.9 Å². The molecule has 104 valence electrons. The van der Waals surface area contributed by atoms with Crippen molar-refractivity contribution >= 4 is 27.8 Å². The van der Waals surface area contributed by atoms with E-state index in [0.717, 1.165) is 5.56 Å². The van der Waals surface area contributed by atoms with E-state index in [1.54, 1.807) is 12.1 Å². The fraction of sp³-hybridized carbons (Fsp3) is 0.385. The number of unbranched alkanes of at least 4 members (excludes halogenated alkanes) is 1. The van der Waals surface area contributed by atoms with Gasteiger partial charge in [-0.05, 0) is 46.5 Å². The number of amides is 1. The highest BCUT2D eigenvalue weighted by Gasteiger charge is 2.06. The quantitative estimate of drug-likeness (QED) is 0.754. The molecule has 0 radical (unpaired) electrons. The molecule has 0 aliphatic rings. The van der Waals surface area contributed by atoms with Gasteiger partial charge in [0.1, 0.15) is 5.82 Å². The van der Waals surface area contributed by atoms with Gasteiger partial charge >= 0.3 is 5.97 Å². The second-order valence-electron chi connectivity index (χ2n) is 4.13. The molecule has 2 N–H and O–H groups in total. The number of carboxylic acid groups (broad SMARTS) is 1. The number of carbonyl (C=O) groups is 2. The number of aliphatic carboxylic acids is 1. The van der Waals surface area contributed by atoms with E-state index in [1.807, 2.05) is 0 Å². The molecule has 0 saturated carbocycles. The molecule has 0 aliphatic heterocycles. The van der Waals surface area contributed by atoms with Crippen molar-refractivity contribution in [1.82, 2.24) is 5.32 Å². The molecule has 0 aliphatic carbocycles. The van der Waals surface area contributed by atoms with Gasteiger partial charge in [0, 0.05) is 13.0 Å². The topological polar surface area (TPSA) is 66.4 Å². The average molecular weight is 332 g/mol. The number of hydrogen-bond acceptors (Lipinski definition) is 2. The number of benzene rings is 1. The third kappa shape index (κ3) is 6.33. The van der Waals surface area contributed by atoms with Gasteiger partial charge < -0.3 is 10.4 Å². The van der Waals surface area contributed by atoms with Crippen molar-refractivity contribution in [3.63, 3.8) is 0 Å². The number of nitrogens with one attached hydrogen (secondary N) is 1. The van der Waals surface area contributed by atoms with Crippen LogP contribution in [0.3, 0.4) is 0 Å². The minimum absolute atomic E-state index is 0.112. The second-order valence-corrected chi connectivity index (χ2v) is 4.98. The van der Waals surface area contributed by atoms with Gasteiger partial charge in [0.2, 0.25) is 5.91 Å². The fourth-order valence-electron chi connectivity index (χ4n) is 1.53. The summed E-state index contributed by atoms with van der Waals surface area (Å²) in [6.07, 6.45) is 1.46. The maximum Gasteiger partial charge on any atom is 0.303 e. The first-order valence-corrected chi connectivity index (χ1v) is 6.71. The summed E-state index contributed by atoms with van der Waals surface area (Å²) in [6.45, 7) is 0.453. The van der Waals surface area contributed by atoms with Crippen molar-refractivity contribution in [2.75, 3.05) is 6.54 Å². The summed E-state index contributed by atoms with van der Waals surface area (Å²) >= 11 is 3.06. The molecule has 4 nitrogen and oxygen atoms in total. The summed E-state index contributed by atoms with van der Waals surface area (Å²) in [5, 5.41) is 11.1. The van der Waals surface area contributed by atoms with Crippen molar-refractivity contribution in [3.05, 3.63) is 34.1 Å². The predicted octanol–water partition coefficient (Wildman–Crippen LogP) is 2.50. The molecule has 1 aromatic rings. The molecule has 0 unspecified atom stereocenters. The van der Waals surface area contributed by atoms with Crippen LogP contribution in [0.1, 0.15) is 24.8 Å². The molecule has 0 heterocycles. The Morgan fingerprint density at radius 1 is 1.32 bits per heavy atom. The van der Waals surface area contributed by atoms with E-state index in [9.17, 15) is 14.0 Å². The van der Waals surface area contributed by atoms with E-state index in [2.05, 4.69) is 21.2 Å². The zero-order valence-electron chi connectivity index (χ0n) is 10.3. The van der Waals surface area contributed by atoms with E-state index in [4.69, 9.17) is 5.11 Å². The lowest BCUT2D eigenvalue weighted by atomic mass is 10.1. The normalized spacial score (nSPS) is 10.2. The van der Waals surface area contributed by atoms with Crippen LogP contribution in [0.4, 0.5) is 4.39 Å². The number of halogens is 2. The Morgan fingerprint density at radius 2 is 2.05 bits per heavy atom. The first-order valence-electron chi connectivity index (χ1n) is 5.91. The summed E-state index contributed by atoms with van der Waals surface area (Å²) in [4.78, 5) is 21.8. The Hall–Kier alpha value is -1.43. The van der Waals surface area contributed by atoms with Gasteiger partial charge in [0.15, 0.2) is 0 Å². The lowest BCUT2D eigenvalue weighted by molar-refractivity contribution is -0.137. The summed E-state index contributed by atoms with van der Waals surface area (Å²) in [7, 11) is 0. The van der Waals surface area contributed by atoms with E-state index in [-0.39, 0.29) is 24.6 Å².